The second kappa shape index (κ2) is 3.26. The monoisotopic (exact) mass is 165 g/mol. The fraction of sp³-hybridized carbons (Fsp3) is 0.222. The van der Waals surface area contributed by atoms with E-state index in [4.69, 9.17) is 10.8 Å². The first-order valence-corrected chi connectivity index (χ1v) is 3.77. The first-order valence-electron chi connectivity index (χ1n) is 3.77. The number of carbonyl (C=O) groups is 1. The number of nitrogen functional groups attached to an aromatic ring is 1. The number of hydrogen-bond acceptors (Lipinski definition) is 2. The third-order valence-electron chi connectivity index (χ3n) is 1.77. The molecule has 3 heteroatoms. The van der Waals surface area contributed by atoms with Gasteiger partial charge < -0.3 is 10.8 Å². The summed E-state index contributed by atoms with van der Waals surface area (Å²) in [5.74, 6) is -0.912. The van der Waals surface area contributed by atoms with Gasteiger partial charge in [-0.15, -0.1) is 0 Å². The molecule has 12 heavy (non-hydrogen) atoms. The zero-order chi connectivity index (χ0) is 9.14. The zero-order valence-electron chi connectivity index (χ0n) is 6.87. The van der Waals surface area contributed by atoms with Crippen LogP contribution < -0.4 is 5.73 Å². The van der Waals surface area contributed by atoms with Gasteiger partial charge in [-0.1, -0.05) is 6.92 Å². The number of anilines is 1. The minimum absolute atomic E-state index is 0.293. The summed E-state index contributed by atoms with van der Waals surface area (Å²) in [6, 6.07) is 4.75. The van der Waals surface area contributed by atoms with Crippen LogP contribution in [0.25, 0.3) is 0 Å². The van der Waals surface area contributed by atoms with E-state index in [9.17, 15) is 4.79 Å². The molecular weight excluding hydrogens is 154 g/mol. The second-order valence-corrected chi connectivity index (χ2v) is 2.57. The zero-order valence-corrected chi connectivity index (χ0v) is 6.87. The topological polar surface area (TPSA) is 63.3 Å². The van der Waals surface area contributed by atoms with Crippen molar-refractivity contribution >= 4 is 11.7 Å². The van der Waals surface area contributed by atoms with Gasteiger partial charge in [0, 0.05) is 5.69 Å². The maximum Gasteiger partial charge on any atom is 0.335 e. The molecule has 0 saturated heterocycles. The van der Waals surface area contributed by atoms with Crippen LogP contribution in [0.1, 0.15) is 22.8 Å². The SMILES string of the molecule is CCc1cc(C(=O)O)ccc1N. The fourth-order valence-electron chi connectivity index (χ4n) is 1.04. The van der Waals surface area contributed by atoms with Crippen LogP contribution in [0.4, 0.5) is 5.69 Å². The Labute approximate surface area is 70.8 Å². The van der Waals surface area contributed by atoms with Crippen molar-refractivity contribution < 1.29 is 9.90 Å². The molecule has 0 aromatic heterocycles. The van der Waals surface area contributed by atoms with E-state index in [1.165, 1.54) is 6.07 Å². The van der Waals surface area contributed by atoms with Crippen molar-refractivity contribution in [2.45, 2.75) is 13.3 Å². The van der Waals surface area contributed by atoms with Gasteiger partial charge in [0.2, 0.25) is 0 Å². The molecule has 1 aromatic rings. The number of carboxylic acids is 1. The highest BCUT2D eigenvalue weighted by molar-refractivity contribution is 5.88. The predicted molar refractivity (Wildman–Crippen MR) is 47.2 cm³/mol. The van der Waals surface area contributed by atoms with E-state index in [1.807, 2.05) is 6.92 Å². The van der Waals surface area contributed by atoms with Crippen molar-refractivity contribution in [3.8, 4) is 0 Å². The summed E-state index contributed by atoms with van der Waals surface area (Å²) in [5, 5.41) is 8.65. The lowest BCUT2D eigenvalue weighted by Crippen LogP contribution is -2.00. The lowest BCUT2D eigenvalue weighted by atomic mass is 10.1. The average molecular weight is 165 g/mol. The van der Waals surface area contributed by atoms with Gasteiger partial charge in [0.15, 0.2) is 0 Å². The number of benzene rings is 1. The molecule has 0 amide bonds. The molecular formula is C9H11NO2. The predicted octanol–water partition coefficient (Wildman–Crippen LogP) is 1.53. The Balaban J connectivity index is 3.13. The summed E-state index contributed by atoms with van der Waals surface area (Å²) in [4.78, 5) is 10.5. The van der Waals surface area contributed by atoms with Crippen LogP contribution in [-0.2, 0) is 6.42 Å². The molecule has 1 aromatic carbocycles. The second-order valence-electron chi connectivity index (χ2n) is 2.57. The standard InChI is InChI=1S/C9H11NO2/c1-2-6-5-7(9(11)12)3-4-8(6)10/h3-5H,2,10H2,1H3,(H,11,12). The molecule has 0 saturated carbocycles. The summed E-state index contributed by atoms with van der Waals surface area (Å²) in [6.45, 7) is 1.94. The Kier molecular flexibility index (Phi) is 2.33. The molecule has 0 aliphatic heterocycles. The molecule has 0 aliphatic rings. The van der Waals surface area contributed by atoms with E-state index in [1.54, 1.807) is 12.1 Å². The molecule has 1 rings (SSSR count). The third kappa shape index (κ3) is 1.56. The van der Waals surface area contributed by atoms with Gasteiger partial charge in [0.25, 0.3) is 0 Å². The van der Waals surface area contributed by atoms with Crippen molar-refractivity contribution in [3.63, 3.8) is 0 Å². The van der Waals surface area contributed by atoms with Gasteiger partial charge >= 0.3 is 5.97 Å². The van der Waals surface area contributed by atoms with Crippen LogP contribution in [0.15, 0.2) is 18.2 Å². The highest BCUT2D eigenvalue weighted by atomic mass is 16.4. The number of rotatable bonds is 2. The van der Waals surface area contributed by atoms with E-state index in [-0.39, 0.29) is 0 Å². The largest absolute Gasteiger partial charge is 0.478 e. The van der Waals surface area contributed by atoms with Crippen LogP contribution in [0.3, 0.4) is 0 Å². The van der Waals surface area contributed by atoms with Gasteiger partial charge in [0.1, 0.15) is 0 Å². The van der Waals surface area contributed by atoms with Crippen molar-refractivity contribution in [2.24, 2.45) is 0 Å². The Morgan fingerprint density at radius 2 is 2.25 bits per heavy atom. The van der Waals surface area contributed by atoms with Crippen LogP contribution in [0, 0.1) is 0 Å². The quantitative estimate of drug-likeness (QED) is 0.653. The first-order chi connectivity index (χ1) is 5.65. The molecule has 0 unspecified atom stereocenters. The summed E-state index contributed by atoms with van der Waals surface area (Å²) in [6.07, 6.45) is 0.757. The smallest absolute Gasteiger partial charge is 0.335 e. The lowest BCUT2D eigenvalue weighted by molar-refractivity contribution is 0.0697. The van der Waals surface area contributed by atoms with Crippen LogP contribution in [0.5, 0.6) is 0 Å². The summed E-state index contributed by atoms with van der Waals surface area (Å²) >= 11 is 0. The van der Waals surface area contributed by atoms with Gasteiger partial charge in [0.05, 0.1) is 5.56 Å². The minimum atomic E-state index is -0.912. The Bertz CT molecular complexity index is 307. The fourth-order valence-corrected chi connectivity index (χ4v) is 1.04. The van der Waals surface area contributed by atoms with E-state index >= 15 is 0 Å². The first kappa shape index (κ1) is 8.59. The molecule has 64 valence electrons. The lowest BCUT2D eigenvalue weighted by Gasteiger charge is -2.02. The minimum Gasteiger partial charge on any atom is -0.478 e. The van der Waals surface area contributed by atoms with E-state index < -0.39 is 5.97 Å². The van der Waals surface area contributed by atoms with Crippen molar-refractivity contribution in [3.05, 3.63) is 29.3 Å². The third-order valence-corrected chi connectivity index (χ3v) is 1.77. The van der Waals surface area contributed by atoms with Crippen molar-refractivity contribution in [1.29, 1.82) is 0 Å². The molecule has 0 spiro atoms. The molecule has 0 heterocycles. The Morgan fingerprint density at radius 3 is 2.75 bits per heavy atom. The molecule has 3 N–H and O–H groups in total. The summed E-state index contributed by atoms with van der Waals surface area (Å²) < 4.78 is 0. The Morgan fingerprint density at radius 1 is 1.58 bits per heavy atom. The maximum absolute atomic E-state index is 10.5. The van der Waals surface area contributed by atoms with Crippen LogP contribution >= 0.6 is 0 Å². The van der Waals surface area contributed by atoms with Crippen molar-refractivity contribution in [2.75, 3.05) is 5.73 Å². The highest BCUT2D eigenvalue weighted by Gasteiger charge is 2.04. The number of nitrogens with two attached hydrogens (primary N) is 1. The molecule has 3 nitrogen and oxygen atoms in total. The van der Waals surface area contributed by atoms with Crippen molar-refractivity contribution in [1.82, 2.24) is 0 Å². The summed E-state index contributed by atoms with van der Waals surface area (Å²) in [5.41, 5.74) is 7.44. The molecule has 0 fully saturated rings. The normalized spacial score (nSPS) is 9.75. The Hall–Kier alpha value is -1.51. The van der Waals surface area contributed by atoms with E-state index in [2.05, 4.69) is 0 Å². The summed E-state index contributed by atoms with van der Waals surface area (Å²) in [7, 11) is 0. The molecule has 0 atom stereocenters. The van der Waals surface area contributed by atoms with Crippen LogP contribution in [-0.4, -0.2) is 11.1 Å². The molecule has 0 radical (unpaired) electrons. The molecule has 0 bridgehead atoms. The van der Waals surface area contributed by atoms with E-state index in [0.29, 0.717) is 11.3 Å². The average Bonchev–Trinajstić information content (AvgIpc) is 2.05. The van der Waals surface area contributed by atoms with E-state index in [0.717, 1.165) is 12.0 Å². The van der Waals surface area contributed by atoms with Crippen LogP contribution in [0.2, 0.25) is 0 Å². The van der Waals surface area contributed by atoms with Gasteiger partial charge in [-0.2, -0.15) is 0 Å². The number of hydrogen-bond donors (Lipinski definition) is 2. The van der Waals surface area contributed by atoms with Gasteiger partial charge in [-0.05, 0) is 30.2 Å². The molecule has 0 aliphatic carbocycles. The number of aromatic carboxylic acids is 1. The highest BCUT2D eigenvalue weighted by Crippen LogP contribution is 2.14. The van der Waals surface area contributed by atoms with Gasteiger partial charge in [-0.3, -0.25) is 0 Å². The maximum atomic E-state index is 10.5. The number of aryl methyl sites for hydroxylation is 1. The van der Waals surface area contributed by atoms with Gasteiger partial charge in [-0.25, -0.2) is 4.79 Å². The number of carboxylic acid groups (broad SMARTS) is 1.